The monoisotopic (exact) mass is 218 g/mol. The SMILES string of the molecule is O=CN1CCC[C@@H]1C(=O)Nc1ccccc1. The molecule has 0 unspecified atom stereocenters. The first-order valence-corrected chi connectivity index (χ1v) is 5.38. The smallest absolute Gasteiger partial charge is 0.247 e. The summed E-state index contributed by atoms with van der Waals surface area (Å²) >= 11 is 0. The van der Waals surface area contributed by atoms with Crippen molar-refractivity contribution in [1.82, 2.24) is 4.90 Å². The van der Waals surface area contributed by atoms with E-state index >= 15 is 0 Å². The van der Waals surface area contributed by atoms with Gasteiger partial charge >= 0.3 is 0 Å². The van der Waals surface area contributed by atoms with Gasteiger partial charge in [-0.2, -0.15) is 0 Å². The minimum Gasteiger partial charge on any atom is -0.333 e. The van der Waals surface area contributed by atoms with E-state index in [-0.39, 0.29) is 11.9 Å². The fourth-order valence-electron chi connectivity index (χ4n) is 1.94. The molecule has 16 heavy (non-hydrogen) atoms. The molecule has 1 N–H and O–H groups in total. The summed E-state index contributed by atoms with van der Waals surface area (Å²) in [6.07, 6.45) is 2.39. The maximum atomic E-state index is 11.9. The molecule has 1 aliphatic heterocycles. The molecule has 0 saturated carbocycles. The molecular weight excluding hydrogens is 204 g/mol. The minimum absolute atomic E-state index is 0.101. The van der Waals surface area contributed by atoms with E-state index in [0.29, 0.717) is 6.54 Å². The van der Waals surface area contributed by atoms with Crippen LogP contribution in [0.25, 0.3) is 0 Å². The first-order valence-electron chi connectivity index (χ1n) is 5.38. The summed E-state index contributed by atoms with van der Waals surface area (Å²) in [4.78, 5) is 24.1. The van der Waals surface area contributed by atoms with Gasteiger partial charge in [-0.3, -0.25) is 9.59 Å². The number of para-hydroxylation sites is 1. The molecular formula is C12H14N2O2. The van der Waals surface area contributed by atoms with Gasteiger partial charge in [-0.05, 0) is 25.0 Å². The average Bonchev–Trinajstić information content (AvgIpc) is 2.78. The van der Waals surface area contributed by atoms with Crippen LogP contribution in [-0.4, -0.2) is 29.8 Å². The van der Waals surface area contributed by atoms with Crippen molar-refractivity contribution in [2.75, 3.05) is 11.9 Å². The number of carbonyl (C=O) groups excluding carboxylic acids is 2. The topological polar surface area (TPSA) is 49.4 Å². The van der Waals surface area contributed by atoms with Crippen molar-refractivity contribution < 1.29 is 9.59 Å². The molecule has 4 nitrogen and oxygen atoms in total. The number of likely N-dealkylation sites (tertiary alicyclic amines) is 1. The number of amides is 2. The highest BCUT2D eigenvalue weighted by Crippen LogP contribution is 2.17. The Morgan fingerprint density at radius 3 is 2.81 bits per heavy atom. The summed E-state index contributed by atoms with van der Waals surface area (Å²) < 4.78 is 0. The van der Waals surface area contributed by atoms with Gasteiger partial charge in [0.05, 0.1) is 0 Å². The van der Waals surface area contributed by atoms with Crippen LogP contribution < -0.4 is 5.32 Å². The quantitative estimate of drug-likeness (QED) is 0.776. The zero-order valence-corrected chi connectivity index (χ0v) is 8.93. The van der Waals surface area contributed by atoms with Gasteiger partial charge in [-0.25, -0.2) is 0 Å². The Morgan fingerprint density at radius 1 is 1.38 bits per heavy atom. The molecule has 1 heterocycles. The number of rotatable bonds is 3. The van der Waals surface area contributed by atoms with Crippen LogP contribution in [-0.2, 0) is 9.59 Å². The molecule has 84 valence electrons. The summed E-state index contributed by atoms with van der Waals surface area (Å²) in [5.41, 5.74) is 0.769. The number of nitrogens with one attached hydrogen (secondary N) is 1. The van der Waals surface area contributed by atoms with Crippen LogP contribution in [0.5, 0.6) is 0 Å². The van der Waals surface area contributed by atoms with Gasteiger partial charge in [0.1, 0.15) is 6.04 Å². The van der Waals surface area contributed by atoms with Crippen molar-refractivity contribution in [2.24, 2.45) is 0 Å². The van der Waals surface area contributed by atoms with Crippen molar-refractivity contribution >= 4 is 18.0 Å². The van der Waals surface area contributed by atoms with Gasteiger partial charge in [0.15, 0.2) is 0 Å². The van der Waals surface area contributed by atoms with Crippen LogP contribution in [0.2, 0.25) is 0 Å². The molecule has 2 rings (SSSR count). The fraction of sp³-hybridized carbons (Fsp3) is 0.333. The third kappa shape index (κ3) is 2.21. The summed E-state index contributed by atoms with van der Waals surface area (Å²) in [6, 6.07) is 8.97. The van der Waals surface area contributed by atoms with Gasteiger partial charge in [0.25, 0.3) is 0 Å². The predicted molar refractivity (Wildman–Crippen MR) is 60.9 cm³/mol. The van der Waals surface area contributed by atoms with Crippen molar-refractivity contribution in [3.05, 3.63) is 30.3 Å². The first-order chi connectivity index (χ1) is 7.81. The molecule has 0 aromatic heterocycles. The van der Waals surface area contributed by atoms with Crippen molar-refractivity contribution in [1.29, 1.82) is 0 Å². The lowest BCUT2D eigenvalue weighted by Gasteiger charge is -2.18. The van der Waals surface area contributed by atoms with Crippen LogP contribution in [0.4, 0.5) is 5.69 Å². The normalized spacial score (nSPS) is 19.5. The molecule has 1 atom stereocenters. The molecule has 0 radical (unpaired) electrons. The standard InChI is InChI=1S/C12H14N2O2/c15-9-14-8-4-7-11(14)12(16)13-10-5-2-1-3-6-10/h1-3,5-6,9,11H,4,7-8H2,(H,13,16)/t11-/m1/s1. The number of hydrogen-bond acceptors (Lipinski definition) is 2. The van der Waals surface area contributed by atoms with E-state index in [1.165, 1.54) is 0 Å². The number of hydrogen-bond donors (Lipinski definition) is 1. The maximum absolute atomic E-state index is 11.9. The van der Waals surface area contributed by atoms with Gasteiger partial charge in [-0.1, -0.05) is 18.2 Å². The Bertz CT molecular complexity index is 378. The molecule has 1 aliphatic rings. The number of benzene rings is 1. The van der Waals surface area contributed by atoms with Gasteiger partial charge in [0.2, 0.25) is 12.3 Å². The number of carbonyl (C=O) groups is 2. The highest BCUT2D eigenvalue weighted by atomic mass is 16.2. The zero-order valence-electron chi connectivity index (χ0n) is 8.93. The van der Waals surface area contributed by atoms with Crippen LogP contribution in [0.1, 0.15) is 12.8 Å². The Kier molecular flexibility index (Phi) is 3.19. The molecule has 1 aromatic rings. The van der Waals surface area contributed by atoms with Crippen LogP contribution in [0.15, 0.2) is 30.3 Å². The van der Waals surface area contributed by atoms with Crippen LogP contribution in [0.3, 0.4) is 0 Å². The third-order valence-corrected chi connectivity index (χ3v) is 2.77. The molecule has 0 bridgehead atoms. The minimum atomic E-state index is -0.308. The second kappa shape index (κ2) is 4.79. The van der Waals surface area contributed by atoms with Crippen molar-refractivity contribution in [3.8, 4) is 0 Å². The molecule has 4 heteroatoms. The predicted octanol–water partition coefficient (Wildman–Crippen LogP) is 1.25. The Labute approximate surface area is 94.2 Å². The van der Waals surface area contributed by atoms with Gasteiger partial charge in [-0.15, -0.1) is 0 Å². The van der Waals surface area contributed by atoms with E-state index in [9.17, 15) is 9.59 Å². The van der Waals surface area contributed by atoms with E-state index in [1.807, 2.05) is 30.3 Å². The molecule has 2 amide bonds. The van der Waals surface area contributed by atoms with Crippen molar-refractivity contribution in [3.63, 3.8) is 0 Å². The Hall–Kier alpha value is -1.84. The first kappa shape index (κ1) is 10.7. The van der Waals surface area contributed by atoms with Gasteiger partial charge in [0, 0.05) is 12.2 Å². The summed E-state index contributed by atoms with van der Waals surface area (Å²) in [6.45, 7) is 0.677. The van der Waals surface area contributed by atoms with Crippen LogP contribution >= 0.6 is 0 Å². The average molecular weight is 218 g/mol. The summed E-state index contributed by atoms with van der Waals surface area (Å²) in [7, 11) is 0. The van der Waals surface area contributed by atoms with E-state index in [1.54, 1.807) is 4.90 Å². The molecule has 0 spiro atoms. The molecule has 1 saturated heterocycles. The largest absolute Gasteiger partial charge is 0.333 e. The van der Waals surface area contributed by atoms with E-state index in [4.69, 9.17) is 0 Å². The third-order valence-electron chi connectivity index (χ3n) is 2.77. The second-order valence-electron chi connectivity index (χ2n) is 3.86. The van der Waals surface area contributed by atoms with E-state index < -0.39 is 0 Å². The molecule has 1 fully saturated rings. The number of nitrogens with zero attached hydrogens (tertiary/aromatic N) is 1. The summed E-state index contributed by atoms with van der Waals surface area (Å²) in [5, 5.41) is 2.81. The Balaban J connectivity index is 2.00. The lowest BCUT2D eigenvalue weighted by atomic mass is 10.2. The lowest BCUT2D eigenvalue weighted by Crippen LogP contribution is -2.38. The number of anilines is 1. The van der Waals surface area contributed by atoms with E-state index in [2.05, 4.69) is 5.32 Å². The molecule has 1 aromatic carbocycles. The van der Waals surface area contributed by atoms with Crippen LogP contribution in [0, 0.1) is 0 Å². The van der Waals surface area contributed by atoms with Crippen molar-refractivity contribution in [2.45, 2.75) is 18.9 Å². The zero-order chi connectivity index (χ0) is 11.4. The van der Waals surface area contributed by atoms with E-state index in [0.717, 1.165) is 24.9 Å². The second-order valence-corrected chi connectivity index (χ2v) is 3.86. The molecule has 0 aliphatic carbocycles. The lowest BCUT2D eigenvalue weighted by molar-refractivity contribution is -0.127. The highest BCUT2D eigenvalue weighted by molar-refractivity contribution is 5.96. The van der Waals surface area contributed by atoms with Gasteiger partial charge < -0.3 is 10.2 Å². The fourth-order valence-corrected chi connectivity index (χ4v) is 1.94. The maximum Gasteiger partial charge on any atom is 0.247 e. The highest BCUT2D eigenvalue weighted by Gasteiger charge is 2.29. The Morgan fingerprint density at radius 2 is 2.12 bits per heavy atom. The summed E-state index contributed by atoms with van der Waals surface area (Å²) in [5.74, 6) is -0.101.